The molecule has 2 aromatic rings. The van der Waals surface area contributed by atoms with Gasteiger partial charge in [0, 0.05) is 35.8 Å². The van der Waals surface area contributed by atoms with Crippen molar-refractivity contribution in [3.63, 3.8) is 0 Å². The lowest BCUT2D eigenvalue weighted by molar-refractivity contribution is -0.196. The number of aromatic nitrogens is 5. The normalized spacial score (nSPS) is 20.5. The van der Waals surface area contributed by atoms with E-state index < -0.39 is 35.6 Å². The van der Waals surface area contributed by atoms with Crippen molar-refractivity contribution in [3.8, 4) is 0 Å². The highest BCUT2D eigenvalue weighted by molar-refractivity contribution is 8.01. The van der Waals surface area contributed by atoms with Gasteiger partial charge in [0.1, 0.15) is 17.1 Å². The fourth-order valence-corrected chi connectivity index (χ4v) is 8.68. The molecular formula is C30H43N9O6S3. The second-order valence-electron chi connectivity index (χ2n) is 12.8. The third-order valence-electron chi connectivity index (χ3n) is 8.30. The Balaban J connectivity index is 1.32. The molecule has 1 unspecified atom stereocenters. The van der Waals surface area contributed by atoms with Gasteiger partial charge in [0.2, 0.25) is 17.4 Å². The van der Waals surface area contributed by atoms with Crippen LogP contribution in [0.1, 0.15) is 58.1 Å². The number of hydrogen-bond donors (Lipinski definition) is 2. The summed E-state index contributed by atoms with van der Waals surface area (Å²) in [6.45, 7) is 4.92. The highest BCUT2D eigenvalue weighted by Crippen LogP contribution is 2.42. The minimum Gasteiger partial charge on any atom is -0.425 e. The summed E-state index contributed by atoms with van der Waals surface area (Å²) in [4.78, 5) is 60.8. The number of nitrogen functional groups attached to an aromatic ring is 1. The predicted molar refractivity (Wildman–Crippen MR) is 181 cm³/mol. The fraction of sp³-hybridized carbons (Fsp3) is 0.667. The number of esters is 2. The van der Waals surface area contributed by atoms with Gasteiger partial charge in [-0.1, -0.05) is 44.9 Å². The molecule has 2 amide bonds. The Morgan fingerprint density at radius 3 is 2.65 bits per heavy atom. The zero-order chi connectivity index (χ0) is 34.4. The molecule has 0 radical (unpaired) electrons. The Bertz CT molecular complexity index is 1510. The monoisotopic (exact) mass is 721 g/mol. The van der Waals surface area contributed by atoms with Crippen LogP contribution in [-0.4, -0.2) is 109 Å². The van der Waals surface area contributed by atoms with Crippen molar-refractivity contribution >= 4 is 63.7 Å². The summed E-state index contributed by atoms with van der Waals surface area (Å²) >= 11 is 4.03. The number of thiazole rings is 1. The molecule has 2 fully saturated rings. The average molecular weight is 722 g/mol. The minimum atomic E-state index is -1.13. The zero-order valence-corrected chi connectivity index (χ0v) is 30.1. The lowest BCUT2D eigenvalue weighted by atomic mass is 9.87. The lowest BCUT2D eigenvalue weighted by Crippen LogP contribution is -2.70. The van der Waals surface area contributed by atoms with Crippen LogP contribution in [0.15, 0.2) is 21.8 Å². The number of amides is 2. The molecule has 1 saturated heterocycles. The van der Waals surface area contributed by atoms with E-state index >= 15 is 0 Å². The van der Waals surface area contributed by atoms with Crippen molar-refractivity contribution in [1.82, 2.24) is 40.3 Å². The Morgan fingerprint density at radius 1 is 1.19 bits per heavy atom. The molecule has 0 aromatic carbocycles. The van der Waals surface area contributed by atoms with Gasteiger partial charge in [-0.15, -0.1) is 28.2 Å². The van der Waals surface area contributed by atoms with Crippen LogP contribution in [-0.2, 0) is 41.6 Å². The van der Waals surface area contributed by atoms with E-state index in [1.54, 1.807) is 23.9 Å². The van der Waals surface area contributed by atoms with Crippen LogP contribution in [0.4, 0.5) is 5.13 Å². The maximum atomic E-state index is 14.0. The Morgan fingerprint density at radius 2 is 1.96 bits per heavy atom. The van der Waals surface area contributed by atoms with Crippen molar-refractivity contribution in [2.45, 2.75) is 88.2 Å². The highest BCUT2D eigenvalue weighted by Gasteiger charge is 2.54. The SMILES string of the molecule is CC(C)C(OC(=O)CC1CCCCC1)OC(=O)C1=C(CSc2nnnn2CCN(C)C)CS[C@H]2[C@H](NC(=O)Cc3csc(N)n3)C(=O)N12. The van der Waals surface area contributed by atoms with Gasteiger partial charge in [-0.3, -0.25) is 19.3 Å². The molecule has 2 aromatic heterocycles. The molecule has 3 atom stereocenters. The van der Waals surface area contributed by atoms with Gasteiger partial charge in [0.05, 0.1) is 18.7 Å². The number of nitrogens with one attached hydrogen (secondary N) is 1. The Hall–Kier alpha value is -3.22. The number of nitrogens with zero attached hydrogens (tertiary/aromatic N) is 7. The number of β-lactam (4-membered cyclic amide) rings is 1. The smallest absolute Gasteiger partial charge is 0.358 e. The van der Waals surface area contributed by atoms with Crippen LogP contribution in [0.3, 0.4) is 0 Å². The number of carbonyl (C=O) groups is 4. The summed E-state index contributed by atoms with van der Waals surface area (Å²) in [5, 5.41) is 16.9. The quantitative estimate of drug-likeness (QED) is 0.118. The van der Waals surface area contributed by atoms with Crippen LogP contribution in [0.25, 0.3) is 0 Å². The number of ether oxygens (including phenoxy) is 2. The Kier molecular flexibility index (Phi) is 12.4. The summed E-state index contributed by atoms with van der Waals surface area (Å²) in [6.07, 6.45) is 4.48. The standard InChI is InChI=1S/C30H43N9O6S3/c1-17(2)28(44-22(41)12-18-8-6-5-7-9-18)45-27(43)24-19(15-48-30-34-35-36-38(30)11-10-37(3)4)14-46-26-23(25(42)39(24)26)33-21(40)13-20-16-47-29(31)32-20/h16-18,23,26,28H,5-15H2,1-4H3,(H2,31,32)(H,33,40)/t23-,26+,28?/m1/s1. The van der Waals surface area contributed by atoms with Gasteiger partial charge in [-0.25, -0.2) is 14.5 Å². The number of nitrogens with two attached hydrogens (primary N) is 1. The molecule has 3 N–H and O–H groups in total. The number of fused-ring (bicyclic) bond motifs is 1. The first-order chi connectivity index (χ1) is 23.0. The van der Waals surface area contributed by atoms with Crippen molar-refractivity contribution in [3.05, 3.63) is 22.3 Å². The summed E-state index contributed by atoms with van der Waals surface area (Å²) < 4.78 is 13.3. The lowest BCUT2D eigenvalue weighted by Gasteiger charge is -2.49. The van der Waals surface area contributed by atoms with Gasteiger partial charge in [0.15, 0.2) is 5.13 Å². The third-order valence-corrected chi connectivity index (χ3v) is 11.4. The number of thioether (sulfide) groups is 2. The fourth-order valence-electron chi connectivity index (χ4n) is 5.72. The number of carbonyl (C=O) groups excluding carboxylic acids is 4. The second-order valence-corrected chi connectivity index (χ2v) is 15.7. The summed E-state index contributed by atoms with van der Waals surface area (Å²) in [6, 6.07) is -0.831. The number of rotatable bonds is 15. The molecule has 2 aliphatic heterocycles. The molecule has 1 aliphatic carbocycles. The first kappa shape index (κ1) is 36.1. The summed E-state index contributed by atoms with van der Waals surface area (Å²) in [5.41, 5.74) is 6.95. The first-order valence-corrected chi connectivity index (χ1v) is 19.0. The molecule has 0 spiro atoms. The van der Waals surface area contributed by atoms with Crippen molar-refractivity contribution in [2.75, 3.05) is 37.9 Å². The van der Waals surface area contributed by atoms with Crippen LogP contribution in [0.5, 0.6) is 0 Å². The Labute approximate surface area is 292 Å². The summed E-state index contributed by atoms with van der Waals surface area (Å²) in [5.74, 6) is -1.31. The average Bonchev–Trinajstić information content (AvgIpc) is 3.68. The van der Waals surface area contributed by atoms with E-state index in [0.29, 0.717) is 39.6 Å². The molecule has 1 saturated carbocycles. The molecule has 18 heteroatoms. The molecule has 0 bridgehead atoms. The van der Waals surface area contributed by atoms with E-state index in [1.165, 1.54) is 46.2 Å². The van der Waals surface area contributed by atoms with E-state index in [4.69, 9.17) is 15.2 Å². The second kappa shape index (κ2) is 16.5. The molecular weight excluding hydrogens is 679 g/mol. The van der Waals surface area contributed by atoms with Crippen LogP contribution in [0.2, 0.25) is 0 Å². The summed E-state index contributed by atoms with van der Waals surface area (Å²) in [7, 11) is 3.92. The third kappa shape index (κ3) is 9.06. The maximum absolute atomic E-state index is 14.0. The van der Waals surface area contributed by atoms with Gasteiger partial charge in [-0.2, -0.15) is 0 Å². The van der Waals surface area contributed by atoms with Crippen LogP contribution in [0, 0.1) is 11.8 Å². The number of hydrogen-bond acceptors (Lipinski definition) is 15. The number of likely N-dealkylation sites (N-methyl/N-ethyl adjacent to an activating group) is 1. The van der Waals surface area contributed by atoms with Crippen LogP contribution < -0.4 is 11.1 Å². The number of tetrazole rings is 1. The topological polar surface area (TPSA) is 188 Å². The van der Waals surface area contributed by atoms with Gasteiger partial charge in [-0.05, 0) is 48.9 Å². The van der Waals surface area contributed by atoms with Gasteiger partial charge < -0.3 is 25.4 Å². The van der Waals surface area contributed by atoms with E-state index in [9.17, 15) is 19.2 Å². The largest absolute Gasteiger partial charge is 0.425 e. The van der Waals surface area contributed by atoms with Crippen molar-refractivity contribution in [2.24, 2.45) is 11.8 Å². The zero-order valence-electron chi connectivity index (χ0n) is 27.6. The molecule has 48 heavy (non-hydrogen) atoms. The van der Waals surface area contributed by atoms with E-state index in [0.717, 1.165) is 32.2 Å². The van der Waals surface area contributed by atoms with Crippen molar-refractivity contribution < 1.29 is 28.7 Å². The molecule has 3 aliphatic rings. The first-order valence-electron chi connectivity index (χ1n) is 16.1. The predicted octanol–water partition coefficient (Wildman–Crippen LogP) is 2.30. The van der Waals surface area contributed by atoms with E-state index in [-0.39, 0.29) is 36.3 Å². The van der Waals surface area contributed by atoms with Crippen molar-refractivity contribution in [1.29, 1.82) is 0 Å². The molecule has 4 heterocycles. The molecule has 262 valence electrons. The maximum Gasteiger partial charge on any atom is 0.358 e. The molecule has 5 rings (SSSR count). The van der Waals surface area contributed by atoms with E-state index in [1.807, 2.05) is 19.0 Å². The van der Waals surface area contributed by atoms with Crippen LogP contribution >= 0.6 is 34.9 Å². The number of anilines is 1. The van der Waals surface area contributed by atoms with Gasteiger partial charge >= 0.3 is 11.9 Å². The van der Waals surface area contributed by atoms with Gasteiger partial charge in [0.25, 0.3) is 5.91 Å². The highest BCUT2D eigenvalue weighted by atomic mass is 32.2. The van der Waals surface area contributed by atoms with E-state index in [2.05, 4.69) is 25.8 Å². The minimum absolute atomic E-state index is 0.0215. The molecule has 15 nitrogen and oxygen atoms in total.